The highest BCUT2D eigenvalue weighted by molar-refractivity contribution is 6.08. The smallest absolute Gasteiger partial charge is 0.253 e. The summed E-state index contributed by atoms with van der Waals surface area (Å²) in [6.45, 7) is 3.75. The van der Waals surface area contributed by atoms with E-state index in [4.69, 9.17) is 14.7 Å². The summed E-state index contributed by atoms with van der Waals surface area (Å²) in [6.07, 6.45) is 0. The summed E-state index contributed by atoms with van der Waals surface area (Å²) in [5, 5.41) is 12.1. The van der Waals surface area contributed by atoms with Gasteiger partial charge in [0.2, 0.25) is 6.79 Å². The van der Waals surface area contributed by atoms with Crippen LogP contribution in [-0.2, 0) is 4.79 Å². The van der Waals surface area contributed by atoms with E-state index in [2.05, 4.69) is 5.32 Å². The lowest BCUT2D eigenvalue weighted by molar-refractivity contribution is -0.122. The first-order valence-electron chi connectivity index (χ1n) is 5.94. The zero-order chi connectivity index (χ0) is 13.6. The van der Waals surface area contributed by atoms with Gasteiger partial charge in [0.1, 0.15) is 12.1 Å². The second kappa shape index (κ2) is 3.79. The molecule has 0 fully saturated rings. The highest BCUT2D eigenvalue weighted by Crippen LogP contribution is 2.44. The van der Waals surface area contributed by atoms with Gasteiger partial charge in [-0.2, -0.15) is 5.26 Å². The first-order chi connectivity index (χ1) is 9.03. The average Bonchev–Trinajstić information content (AvgIpc) is 2.79. The van der Waals surface area contributed by atoms with Crippen LogP contribution >= 0.6 is 0 Å². The van der Waals surface area contributed by atoms with Crippen LogP contribution < -0.4 is 19.7 Å². The van der Waals surface area contributed by atoms with Crippen LogP contribution in [0.15, 0.2) is 12.1 Å². The summed E-state index contributed by atoms with van der Waals surface area (Å²) in [5.41, 5.74) is 0.664. The van der Waals surface area contributed by atoms with Crippen molar-refractivity contribution in [2.75, 3.05) is 23.6 Å². The Balaban J connectivity index is 2.14. The van der Waals surface area contributed by atoms with Crippen LogP contribution in [0.25, 0.3) is 0 Å². The Morgan fingerprint density at radius 1 is 1.42 bits per heavy atom. The molecule has 0 bridgehead atoms. The Morgan fingerprint density at radius 3 is 2.79 bits per heavy atom. The van der Waals surface area contributed by atoms with Crippen molar-refractivity contribution in [3.63, 3.8) is 0 Å². The largest absolute Gasteiger partial charge is 0.454 e. The molecular weight excluding hydrogens is 246 g/mol. The molecule has 0 aliphatic carbocycles. The maximum atomic E-state index is 12.3. The number of carbonyl (C=O) groups is 1. The minimum absolute atomic E-state index is 0.0105. The second-order valence-electron chi connectivity index (χ2n) is 5.02. The molecule has 2 heterocycles. The number of nitriles is 1. The van der Waals surface area contributed by atoms with Crippen molar-refractivity contribution < 1.29 is 14.3 Å². The number of nitrogens with zero attached hydrogens (tertiary/aromatic N) is 2. The standard InChI is InChI=1S/C13H13N3O3/c1-13(2)12(17)16(4-3-14)9-6-11-10(18-7-19-11)5-8(9)15-13/h5-6,15H,4,7H2,1-2H3. The number of nitrogens with one attached hydrogen (secondary N) is 1. The third-order valence-electron chi connectivity index (χ3n) is 3.24. The van der Waals surface area contributed by atoms with Crippen LogP contribution in [0, 0.1) is 11.3 Å². The number of ether oxygens (including phenoxy) is 2. The number of fused-ring (bicyclic) bond motifs is 2. The topological polar surface area (TPSA) is 74.6 Å². The van der Waals surface area contributed by atoms with Crippen molar-refractivity contribution in [2.24, 2.45) is 0 Å². The maximum absolute atomic E-state index is 12.3. The van der Waals surface area contributed by atoms with Crippen molar-refractivity contribution in [3.05, 3.63) is 12.1 Å². The van der Waals surface area contributed by atoms with Gasteiger partial charge in [0.25, 0.3) is 5.91 Å². The predicted molar refractivity (Wildman–Crippen MR) is 68.2 cm³/mol. The normalized spacial score (nSPS) is 18.6. The van der Waals surface area contributed by atoms with Crippen LogP contribution in [0.3, 0.4) is 0 Å². The summed E-state index contributed by atoms with van der Waals surface area (Å²) in [7, 11) is 0. The van der Waals surface area contributed by atoms with E-state index < -0.39 is 5.54 Å². The van der Waals surface area contributed by atoms with Gasteiger partial charge in [0.15, 0.2) is 11.5 Å². The van der Waals surface area contributed by atoms with Gasteiger partial charge < -0.3 is 14.8 Å². The molecule has 2 aliphatic rings. The van der Waals surface area contributed by atoms with Gasteiger partial charge >= 0.3 is 0 Å². The van der Waals surface area contributed by atoms with E-state index in [1.54, 1.807) is 26.0 Å². The fraction of sp³-hybridized carbons (Fsp3) is 0.385. The molecule has 6 heteroatoms. The first kappa shape index (κ1) is 11.7. The van der Waals surface area contributed by atoms with E-state index in [1.807, 2.05) is 6.07 Å². The van der Waals surface area contributed by atoms with Gasteiger partial charge in [0.05, 0.1) is 17.4 Å². The molecule has 0 saturated carbocycles. The minimum atomic E-state index is -0.752. The van der Waals surface area contributed by atoms with Crippen LogP contribution in [0.5, 0.6) is 11.5 Å². The van der Waals surface area contributed by atoms with Crippen LogP contribution in [0.4, 0.5) is 11.4 Å². The zero-order valence-electron chi connectivity index (χ0n) is 10.7. The molecular formula is C13H13N3O3. The van der Waals surface area contributed by atoms with E-state index in [9.17, 15) is 4.79 Å². The maximum Gasteiger partial charge on any atom is 0.253 e. The number of hydrogen-bond donors (Lipinski definition) is 1. The molecule has 0 saturated heterocycles. The Hall–Kier alpha value is -2.42. The molecule has 0 aromatic heterocycles. The molecule has 0 unspecified atom stereocenters. The number of benzene rings is 1. The third kappa shape index (κ3) is 1.66. The van der Waals surface area contributed by atoms with Crippen molar-refractivity contribution in [3.8, 4) is 17.6 Å². The lowest BCUT2D eigenvalue weighted by Crippen LogP contribution is -2.54. The lowest BCUT2D eigenvalue weighted by atomic mass is 9.98. The quantitative estimate of drug-likeness (QED) is 0.773. The molecule has 3 rings (SSSR count). The second-order valence-corrected chi connectivity index (χ2v) is 5.02. The van der Waals surface area contributed by atoms with Crippen molar-refractivity contribution in [2.45, 2.75) is 19.4 Å². The SMILES string of the molecule is CC1(C)Nc2cc3c(cc2N(CC#N)C1=O)OCO3. The first-order valence-corrected chi connectivity index (χ1v) is 5.94. The summed E-state index contributed by atoms with van der Waals surface area (Å²) >= 11 is 0. The molecule has 6 nitrogen and oxygen atoms in total. The van der Waals surface area contributed by atoms with E-state index in [0.717, 1.165) is 5.69 Å². The molecule has 0 spiro atoms. The number of anilines is 2. The van der Waals surface area contributed by atoms with Gasteiger partial charge in [-0.3, -0.25) is 9.69 Å². The molecule has 19 heavy (non-hydrogen) atoms. The Kier molecular flexibility index (Phi) is 2.32. The summed E-state index contributed by atoms with van der Waals surface area (Å²) in [6, 6.07) is 5.55. The third-order valence-corrected chi connectivity index (χ3v) is 3.24. The van der Waals surface area contributed by atoms with Crippen LogP contribution in [0.1, 0.15) is 13.8 Å². The van der Waals surface area contributed by atoms with Gasteiger partial charge in [-0.25, -0.2) is 0 Å². The minimum Gasteiger partial charge on any atom is -0.454 e. The molecule has 0 atom stereocenters. The summed E-state index contributed by atoms with van der Waals surface area (Å²) in [4.78, 5) is 13.8. The van der Waals surface area contributed by atoms with Crippen molar-refractivity contribution in [1.82, 2.24) is 0 Å². The zero-order valence-corrected chi connectivity index (χ0v) is 10.7. The number of carbonyl (C=O) groups excluding carboxylic acids is 1. The Morgan fingerprint density at radius 2 is 2.11 bits per heavy atom. The average molecular weight is 259 g/mol. The van der Waals surface area contributed by atoms with Crippen molar-refractivity contribution >= 4 is 17.3 Å². The van der Waals surface area contributed by atoms with Gasteiger partial charge in [-0.15, -0.1) is 0 Å². The molecule has 1 amide bonds. The Labute approximate surface area is 110 Å². The lowest BCUT2D eigenvalue weighted by Gasteiger charge is -2.38. The van der Waals surface area contributed by atoms with E-state index in [1.165, 1.54) is 4.90 Å². The molecule has 1 N–H and O–H groups in total. The van der Waals surface area contributed by atoms with Crippen molar-refractivity contribution in [1.29, 1.82) is 5.26 Å². The van der Waals surface area contributed by atoms with Gasteiger partial charge in [0, 0.05) is 12.1 Å². The molecule has 1 aromatic carbocycles. The molecule has 98 valence electrons. The summed E-state index contributed by atoms with van der Waals surface area (Å²) < 4.78 is 10.6. The van der Waals surface area contributed by atoms with Crippen LogP contribution in [-0.4, -0.2) is 24.8 Å². The molecule has 1 aromatic rings. The fourth-order valence-electron chi connectivity index (χ4n) is 2.32. The predicted octanol–water partition coefficient (Wildman–Crippen LogP) is 1.48. The molecule has 0 radical (unpaired) electrons. The fourth-order valence-corrected chi connectivity index (χ4v) is 2.32. The van der Waals surface area contributed by atoms with Gasteiger partial charge in [-0.05, 0) is 13.8 Å². The van der Waals surface area contributed by atoms with Gasteiger partial charge in [-0.1, -0.05) is 0 Å². The summed E-state index contributed by atoms with van der Waals surface area (Å²) in [5.74, 6) is 1.10. The van der Waals surface area contributed by atoms with E-state index in [-0.39, 0.29) is 19.2 Å². The number of rotatable bonds is 1. The van der Waals surface area contributed by atoms with E-state index in [0.29, 0.717) is 17.2 Å². The highest BCUT2D eigenvalue weighted by Gasteiger charge is 2.39. The van der Waals surface area contributed by atoms with Crippen LogP contribution in [0.2, 0.25) is 0 Å². The number of hydrogen-bond acceptors (Lipinski definition) is 5. The number of amides is 1. The molecule has 2 aliphatic heterocycles. The van der Waals surface area contributed by atoms with E-state index >= 15 is 0 Å². The highest BCUT2D eigenvalue weighted by atomic mass is 16.7. The monoisotopic (exact) mass is 259 g/mol. The Bertz CT molecular complexity index is 604.